The second-order valence-electron chi connectivity index (χ2n) is 7.87. The molecule has 172 valence electrons. The van der Waals surface area contributed by atoms with E-state index in [1.807, 2.05) is 25.1 Å². The number of hydrogen-bond acceptors (Lipinski definition) is 4. The number of carbonyl (C=O) groups excluding carboxylic acids is 2. The lowest BCUT2D eigenvalue weighted by Gasteiger charge is -2.28. The van der Waals surface area contributed by atoms with Crippen LogP contribution in [0.25, 0.3) is 0 Å². The van der Waals surface area contributed by atoms with Crippen molar-refractivity contribution in [1.29, 1.82) is 0 Å². The topological polar surface area (TPSA) is 76.7 Å². The molecular weight excluding hydrogens is 460 g/mol. The van der Waals surface area contributed by atoms with E-state index in [4.69, 9.17) is 9.47 Å². The summed E-state index contributed by atoms with van der Waals surface area (Å²) in [6, 6.07) is 4.72. The number of ether oxygens (including phenoxy) is 2. The summed E-state index contributed by atoms with van der Waals surface area (Å²) >= 11 is 3.57. The van der Waals surface area contributed by atoms with Crippen LogP contribution in [0.4, 0.5) is 4.79 Å². The molecule has 0 spiro atoms. The Morgan fingerprint density at radius 3 is 2.42 bits per heavy atom. The summed E-state index contributed by atoms with van der Waals surface area (Å²) in [5.41, 5.74) is 1.70. The fraction of sp³-hybridized carbons (Fsp3) is 0.583. The number of rotatable bonds is 13. The Kier molecular flexibility index (Phi) is 10.9. The maximum Gasteiger partial charge on any atom is 0.338 e. The Balaban J connectivity index is 1.99. The van der Waals surface area contributed by atoms with Crippen LogP contribution in [0.5, 0.6) is 5.75 Å². The molecule has 1 aromatic carbocycles. The van der Waals surface area contributed by atoms with Crippen molar-refractivity contribution in [2.75, 3.05) is 13.2 Å². The number of amides is 2. The number of halogens is 1. The Morgan fingerprint density at radius 2 is 1.74 bits per heavy atom. The molecule has 1 heterocycles. The van der Waals surface area contributed by atoms with Crippen LogP contribution < -0.4 is 15.4 Å². The van der Waals surface area contributed by atoms with E-state index in [0.29, 0.717) is 24.5 Å². The summed E-state index contributed by atoms with van der Waals surface area (Å²) < 4.78 is 12.0. The van der Waals surface area contributed by atoms with Gasteiger partial charge >= 0.3 is 12.0 Å². The van der Waals surface area contributed by atoms with E-state index < -0.39 is 12.0 Å². The van der Waals surface area contributed by atoms with Crippen LogP contribution in [0.2, 0.25) is 0 Å². The highest BCUT2D eigenvalue weighted by atomic mass is 79.9. The third-order valence-corrected chi connectivity index (χ3v) is 5.84. The van der Waals surface area contributed by atoms with E-state index in [1.54, 1.807) is 6.92 Å². The van der Waals surface area contributed by atoms with E-state index in [1.165, 1.54) is 38.5 Å². The zero-order chi connectivity index (χ0) is 22.6. The first-order valence-electron chi connectivity index (χ1n) is 11.4. The van der Waals surface area contributed by atoms with Crippen LogP contribution in [0.3, 0.4) is 0 Å². The number of hydrogen-bond donors (Lipinski definition) is 2. The summed E-state index contributed by atoms with van der Waals surface area (Å²) in [6.07, 6.45) is 9.39. The molecule has 0 aromatic heterocycles. The van der Waals surface area contributed by atoms with Gasteiger partial charge in [-0.3, -0.25) is 0 Å². The standard InChI is InChI=1S/C24H35BrN2O4/c1-4-6-7-8-9-10-11-15-30-20-13-12-18(16-19(20)25)22-21(23(28)31-14-5-2)17(3)26-24(29)27-22/h12-13,16,22H,4-11,14-15H2,1-3H3,(H2,26,27,29). The first kappa shape index (κ1) is 25.2. The van der Waals surface area contributed by atoms with Crippen molar-refractivity contribution in [3.63, 3.8) is 0 Å². The minimum absolute atomic E-state index is 0.339. The first-order chi connectivity index (χ1) is 15.0. The highest BCUT2D eigenvalue weighted by Gasteiger charge is 2.32. The Bertz CT molecular complexity index is 779. The quantitative estimate of drug-likeness (QED) is 0.254. The second-order valence-corrected chi connectivity index (χ2v) is 8.72. The van der Waals surface area contributed by atoms with Gasteiger partial charge in [-0.2, -0.15) is 0 Å². The van der Waals surface area contributed by atoms with Gasteiger partial charge in [-0.1, -0.05) is 58.4 Å². The average Bonchev–Trinajstić information content (AvgIpc) is 2.74. The number of benzene rings is 1. The lowest BCUT2D eigenvalue weighted by Crippen LogP contribution is -2.45. The number of carbonyl (C=O) groups is 2. The molecule has 1 aliphatic rings. The maximum atomic E-state index is 12.6. The first-order valence-corrected chi connectivity index (χ1v) is 12.1. The van der Waals surface area contributed by atoms with Gasteiger partial charge < -0.3 is 20.1 Å². The predicted octanol–water partition coefficient (Wildman–Crippen LogP) is 6.16. The maximum absolute atomic E-state index is 12.6. The molecule has 2 amide bonds. The molecule has 1 aliphatic heterocycles. The molecular formula is C24H35BrN2O4. The number of nitrogens with one attached hydrogen (secondary N) is 2. The van der Waals surface area contributed by atoms with Gasteiger partial charge in [0.05, 0.1) is 29.3 Å². The SMILES string of the molecule is CCCCCCCCCOc1ccc(C2NC(=O)NC(C)=C2C(=O)OCCC)cc1Br. The van der Waals surface area contributed by atoms with Gasteiger partial charge in [-0.05, 0) is 53.4 Å². The normalized spacial score (nSPS) is 16.0. The van der Waals surface area contributed by atoms with E-state index in [0.717, 1.165) is 28.6 Å². The number of esters is 1. The van der Waals surface area contributed by atoms with Crippen LogP contribution in [-0.2, 0) is 9.53 Å². The van der Waals surface area contributed by atoms with Crippen molar-refractivity contribution < 1.29 is 19.1 Å². The summed E-state index contributed by atoms with van der Waals surface area (Å²) in [6.45, 7) is 6.89. The van der Waals surface area contributed by atoms with Crippen molar-refractivity contribution in [1.82, 2.24) is 10.6 Å². The predicted molar refractivity (Wildman–Crippen MR) is 126 cm³/mol. The summed E-state index contributed by atoms with van der Waals surface area (Å²) in [7, 11) is 0. The molecule has 0 aliphatic carbocycles. The smallest absolute Gasteiger partial charge is 0.338 e. The van der Waals surface area contributed by atoms with Gasteiger partial charge in [0.1, 0.15) is 5.75 Å². The van der Waals surface area contributed by atoms with Crippen molar-refractivity contribution in [2.45, 2.75) is 78.2 Å². The highest BCUT2D eigenvalue weighted by Crippen LogP contribution is 2.33. The van der Waals surface area contributed by atoms with Crippen molar-refractivity contribution in [2.24, 2.45) is 0 Å². The number of allylic oxidation sites excluding steroid dienone is 1. The van der Waals surface area contributed by atoms with E-state index in [-0.39, 0.29) is 6.03 Å². The van der Waals surface area contributed by atoms with Crippen molar-refractivity contribution in [3.05, 3.63) is 39.5 Å². The largest absolute Gasteiger partial charge is 0.492 e. The van der Waals surface area contributed by atoms with E-state index in [2.05, 4.69) is 33.5 Å². The number of unbranched alkanes of at least 4 members (excludes halogenated alkanes) is 6. The van der Waals surface area contributed by atoms with Crippen molar-refractivity contribution in [3.8, 4) is 5.75 Å². The third kappa shape index (κ3) is 7.87. The molecule has 1 aromatic rings. The van der Waals surface area contributed by atoms with Gasteiger partial charge in [0, 0.05) is 5.70 Å². The van der Waals surface area contributed by atoms with Gasteiger partial charge in [-0.15, -0.1) is 0 Å². The molecule has 0 radical (unpaired) electrons. The molecule has 2 rings (SSSR count). The summed E-state index contributed by atoms with van der Waals surface area (Å²) in [5.74, 6) is 0.332. The zero-order valence-electron chi connectivity index (χ0n) is 18.9. The molecule has 6 nitrogen and oxygen atoms in total. The van der Waals surface area contributed by atoms with Crippen LogP contribution in [0, 0.1) is 0 Å². The van der Waals surface area contributed by atoms with Gasteiger partial charge in [0.25, 0.3) is 0 Å². The fourth-order valence-electron chi connectivity index (χ4n) is 3.54. The second kappa shape index (κ2) is 13.4. The fourth-order valence-corrected chi connectivity index (χ4v) is 4.05. The van der Waals surface area contributed by atoms with Gasteiger partial charge in [0.15, 0.2) is 0 Å². The average molecular weight is 495 g/mol. The molecule has 0 saturated carbocycles. The Labute approximate surface area is 194 Å². The minimum atomic E-state index is -0.577. The van der Waals surface area contributed by atoms with E-state index in [9.17, 15) is 9.59 Å². The molecule has 0 fully saturated rings. The highest BCUT2D eigenvalue weighted by molar-refractivity contribution is 9.10. The Morgan fingerprint density at radius 1 is 1.03 bits per heavy atom. The summed E-state index contributed by atoms with van der Waals surface area (Å²) in [5, 5.41) is 5.49. The Hall–Kier alpha value is -2.02. The molecule has 0 saturated heterocycles. The zero-order valence-corrected chi connectivity index (χ0v) is 20.5. The molecule has 31 heavy (non-hydrogen) atoms. The molecule has 1 unspecified atom stereocenters. The van der Waals surface area contributed by atoms with Crippen molar-refractivity contribution >= 4 is 27.9 Å². The molecule has 1 atom stereocenters. The third-order valence-electron chi connectivity index (χ3n) is 5.22. The van der Waals surface area contributed by atoms with Gasteiger partial charge in [-0.25, -0.2) is 9.59 Å². The summed E-state index contributed by atoms with van der Waals surface area (Å²) in [4.78, 5) is 24.6. The molecule has 7 heteroatoms. The lowest BCUT2D eigenvalue weighted by atomic mass is 9.95. The van der Waals surface area contributed by atoms with Crippen LogP contribution in [0.15, 0.2) is 33.9 Å². The van der Waals surface area contributed by atoms with Crippen LogP contribution in [-0.4, -0.2) is 25.2 Å². The lowest BCUT2D eigenvalue weighted by molar-refractivity contribution is -0.139. The monoisotopic (exact) mass is 494 g/mol. The van der Waals surface area contributed by atoms with Gasteiger partial charge in [0.2, 0.25) is 0 Å². The van der Waals surface area contributed by atoms with Crippen LogP contribution >= 0.6 is 15.9 Å². The van der Waals surface area contributed by atoms with Crippen LogP contribution in [0.1, 0.15) is 83.7 Å². The molecule has 0 bridgehead atoms. The van der Waals surface area contributed by atoms with E-state index >= 15 is 0 Å². The molecule has 2 N–H and O–H groups in total. The minimum Gasteiger partial charge on any atom is -0.492 e. The number of urea groups is 1.